The van der Waals surface area contributed by atoms with Gasteiger partial charge in [0.25, 0.3) is 0 Å². The Labute approximate surface area is 94.8 Å². The fraction of sp³-hybridized carbons (Fsp3) is 0.300. The number of nitrogens with one attached hydrogen (secondary N) is 2. The van der Waals surface area contributed by atoms with Gasteiger partial charge in [0.1, 0.15) is 0 Å². The number of aromatic nitrogens is 1. The Morgan fingerprint density at radius 3 is 3.07 bits per heavy atom. The fourth-order valence-corrected chi connectivity index (χ4v) is 1.19. The number of aryl methyl sites for hydroxylation is 1. The van der Waals surface area contributed by atoms with Gasteiger partial charge in [0.05, 0.1) is 11.9 Å². The largest absolute Gasteiger partial charge is 0.362 e. The minimum absolute atomic E-state index is 0.515. The first-order chi connectivity index (χ1) is 7.22. The lowest BCUT2D eigenvalue weighted by Gasteiger charge is -2.02. The monoisotopic (exact) mass is 222 g/mol. The molecule has 0 aliphatic heterocycles. The van der Waals surface area contributed by atoms with Crippen LogP contribution in [0.5, 0.6) is 0 Å². The summed E-state index contributed by atoms with van der Waals surface area (Å²) in [4.78, 5) is 4.26. The maximum Gasteiger partial charge on any atom is 0.186 e. The van der Waals surface area contributed by atoms with E-state index < -0.39 is 0 Å². The van der Waals surface area contributed by atoms with Crippen molar-refractivity contribution < 1.29 is 0 Å². The van der Waals surface area contributed by atoms with Crippen molar-refractivity contribution >= 4 is 23.5 Å². The molecule has 1 aromatic heterocycles. The van der Waals surface area contributed by atoms with Gasteiger partial charge in [-0.3, -0.25) is 10.4 Å². The number of rotatable bonds is 3. The molecule has 0 saturated heterocycles. The van der Waals surface area contributed by atoms with Crippen LogP contribution in [0.4, 0.5) is 0 Å². The summed E-state index contributed by atoms with van der Waals surface area (Å²) >= 11 is 4.94. The van der Waals surface area contributed by atoms with E-state index >= 15 is 0 Å². The molecule has 80 valence electrons. The van der Waals surface area contributed by atoms with E-state index in [0.717, 1.165) is 17.9 Å². The number of hydrazone groups is 1. The average Bonchev–Trinajstić information content (AvgIpc) is 2.18. The average molecular weight is 222 g/mol. The second-order valence-electron chi connectivity index (χ2n) is 2.93. The van der Waals surface area contributed by atoms with Crippen molar-refractivity contribution in [3.63, 3.8) is 0 Å². The standard InChI is InChI=1S/C10H14N4S/c1-3-11-10(15)14-12-7-9-6-4-5-8(2)13-9/h4-7H,3H2,1-2H3,(H2,11,14,15). The smallest absolute Gasteiger partial charge is 0.186 e. The van der Waals surface area contributed by atoms with Crippen molar-refractivity contribution in [2.75, 3.05) is 6.54 Å². The normalized spacial score (nSPS) is 10.3. The molecule has 5 heteroatoms. The predicted octanol–water partition coefficient (Wildman–Crippen LogP) is 1.21. The van der Waals surface area contributed by atoms with Gasteiger partial charge in [-0.2, -0.15) is 5.10 Å². The SMILES string of the molecule is CCNC(=S)NN=Cc1cccc(C)n1. The molecule has 0 amide bonds. The second-order valence-corrected chi connectivity index (χ2v) is 3.34. The zero-order valence-corrected chi connectivity index (χ0v) is 9.64. The Morgan fingerprint density at radius 1 is 1.60 bits per heavy atom. The third-order valence-electron chi connectivity index (χ3n) is 1.61. The van der Waals surface area contributed by atoms with Crippen molar-refractivity contribution in [1.29, 1.82) is 0 Å². The van der Waals surface area contributed by atoms with Gasteiger partial charge in [-0.25, -0.2) is 0 Å². The minimum atomic E-state index is 0.515. The molecule has 0 fully saturated rings. The van der Waals surface area contributed by atoms with E-state index in [2.05, 4.69) is 20.8 Å². The summed E-state index contributed by atoms with van der Waals surface area (Å²) in [5.74, 6) is 0. The van der Waals surface area contributed by atoms with E-state index in [1.165, 1.54) is 0 Å². The predicted molar refractivity (Wildman–Crippen MR) is 66.0 cm³/mol. The summed E-state index contributed by atoms with van der Waals surface area (Å²) in [5.41, 5.74) is 4.47. The van der Waals surface area contributed by atoms with Crippen LogP contribution in [0, 0.1) is 6.92 Å². The fourth-order valence-electron chi connectivity index (χ4n) is 0.993. The van der Waals surface area contributed by atoms with Crippen molar-refractivity contribution in [2.45, 2.75) is 13.8 Å². The topological polar surface area (TPSA) is 49.3 Å². The molecule has 0 saturated carbocycles. The lowest BCUT2D eigenvalue weighted by Crippen LogP contribution is -2.31. The first kappa shape index (κ1) is 11.6. The van der Waals surface area contributed by atoms with Crippen molar-refractivity contribution in [1.82, 2.24) is 15.7 Å². The van der Waals surface area contributed by atoms with Crippen LogP contribution in [0.15, 0.2) is 23.3 Å². The molecule has 4 nitrogen and oxygen atoms in total. The van der Waals surface area contributed by atoms with Gasteiger partial charge in [0, 0.05) is 12.2 Å². The molecule has 0 unspecified atom stereocenters. The summed E-state index contributed by atoms with van der Waals surface area (Å²) in [5, 5.41) is 7.40. The molecule has 2 N–H and O–H groups in total. The van der Waals surface area contributed by atoms with Crippen LogP contribution in [0.3, 0.4) is 0 Å². The van der Waals surface area contributed by atoms with Gasteiger partial charge in [-0.05, 0) is 38.2 Å². The van der Waals surface area contributed by atoms with Crippen LogP contribution in [0.1, 0.15) is 18.3 Å². The van der Waals surface area contributed by atoms with E-state index in [9.17, 15) is 0 Å². The van der Waals surface area contributed by atoms with Gasteiger partial charge >= 0.3 is 0 Å². The minimum Gasteiger partial charge on any atom is -0.362 e. The molecule has 1 heterocycles. The molecular weight excluding hydrogens is 208 g/mol. The maximum absolute atomic E-state index is 4.94. The molecule has 1 aromatic rings. The van der Waals surface area contributed by atoms with Gasteiger partial charge < -0.3 is 5.32 Å². The molecule has 0 aliphatic rings. The summed E-state index contributed by atoms with van der Waals surface area (Å²) in [6.45, 7) is 4.69. The van der Waals surface area contributed by atoms with E-state index in [1.54, 1.807) is 6.21 Å². The summed E-state index contributed by atoms with van der Waals surface area (Å²) in [7, 11) is 0. The molecule has 0 radical (unpaired) electrons. The van der Waals surface area contributed by atoms with Crippen LogP contribution in [0.25, 0.3) is 0 Å². The molecular formula is C10H14N4S. The molecule has 1 rings (SSSR count). The molecule has 0 spiro atoms. The molecule has 0 aliphatic carbocycles. The zero-order valence-electron chi connectivity index (χ0n) is 8.82. The van der Waals surface area contributed by atoms with E-state index in [1.807, 2.05) is 32.0 Å². The number of thiocarbonyl (C=S) groups is 1. The van der Waals surface area contributed by atoms with Crippen LogP contribution in [-0.2, 0) is 0 Å². The van der Waals surface area contributed by atoms with E-state index in [4.69, 9.17) is 12.2 Å². The van der Waals surface area contributed by atoms with Gasteiger partial charge in [0.15, 0.2) is 5.11 Å². The molecule has 0 bridgehead atoms. The van der Waals surface area contributed by atoms with E-state index in [0.29, 0.717) is 5.11 Å². The maximum atomic E-state index is 4.94. The quantitative estimate of drug-likeness (QED) is 0.458. The Kier molecular flexibility index (Phi) is 4.70. The number of nitrogens with zero attached hydrogens (tertiary/aromatic N) is 2. The Bertz CT molecular complexity index is 362. The van der Waals surface area contributed by atoms with E-state index in [-0.39, 0.29) is 0 Å². The molecule has 15 heavy (non-hydrogen) atoms. The lowest BCUT2D eigenvalue weighted by molar-refractivity contribution is 0.903. The highest BCUT2D eigenvalue weighted by molar-refractivity contribution is 7.80. The third kappa shape index (κ3) is 4.51. The summed E-state index contributed by atoms with van der Waals surface area (Å²) < 4.78 is 0. The van der Waals surface area contributed by atoms with Crippen molar-refractivity contribution in [3.05, 3.63) is 29.6 Å². The summed E-state index contributed by atoms with van der Waals surface area (Å²) in [6, 6.07) is 5.76. The number of hydrogen-bond acceptors (Lipinski definition) is 3. The molecule has 0 aromatic carbocycles. The van der Waals surface area contributed by atoms with Crippen LogP contribution < -0.4 is 10.7 Å². The van der Waals surface area contributed by atoms with Crippen LogP contribution in [-0.4, -0.2) is 22.9 Å². The van der Waals surface area contributed by atoms with Gasteiger partial charge in [0.2, 0.25) is 0 Å². The van der Waals surface area contributed by atoms with Crippen LogP contribution in [0.2, 0.25) is 0 Å². The van der Waals surface area contributed by atoms with Crippen molar-refractivity contribution in [3.8, 4) is 0 Å². The summed E-state index contributed by atoms with van der Waals surface area (Å²) in [6.07, 6.45) is 1.64. The van der Waals surface area contributed by atoms with Gasteiger partial charge in [-0.15, -0.1) is 0 Å². The first-order valence-corrected chi connectivity index (χ1v) is 5.13. The molecule has 0 atom stereocenters. The zero-order chi connectivity index (χ0) is 11.1. The second kappa shape index (κ2) is 6.08. The highest BCUT2D eigenvalue weighted by Crippen LogP contribution is 1.94. The Hall–Kier alpha value is -1.49. The van der Waals surface area contributed by atoms with Crippen LogP contribution >= 0.6 is 12.2 Å². The van der Waals surface area contributed by atoms with Crippen molar-refractivity contribution in [2.24, 2.45) is 5.10 Å². The lowest BCUT2D eigenvalue weighted by atomic mass is 10.3. The third-order valence-corrected chi connectivity index (χ3v) is 1.85. The Balaban J connectivity index is 2.48. The highest BCUT2D eigenvalue weighted by atomic mass is 32.1. The number of hydrogen-bond donors (Lipinski definition) is 2. The Morgan fingerprint density at radius 2 is 2.40 bits per heavy atom. The highest BCUT2D eigenvalue weighted by Gasteiger charge is 1.90. The number of pyridine rings is 1. The first-order valence-electron chi connectivity index (χ1n) is 4.73. The van der Waals surface area contributed by atoms with Gasteiger partial charge in [-0.1, -0.05) is 6.07 Å².